The van der Waals surface area contributed by atoms with Crippen LogP contribution in [0, 0.1) is 11.8 Å². The van der Waals surface area contributed by atoms with Crippen molar-refractivity contribution in [2.24, 2.45) is 11.8 Å². The number of nitrogens with zero attached hydrogens (tertiary/aromatic N) is 1. The molecule has 0 amide bonds. The average Bonchev–Trinajstić information content (AvgIpc) is 2.21. The van der Waals surface area contributed by atoms with E-state index >= 15 is 0 Å². The van der Waals surface area contributed by atoms with E-state index in [9.17, 15) is 5.11 Å². The lowest BCUT2D eigenvalue weighted by molar-refractivity contribution is 0.0120. The van der Waals surface area contributed by atoms with Crippen LogP contribution >= 0.6 is 0 Å². The summed E-state index contributed by atoms with van der Waals surface area (Å²) in [6.07, 6.45) is 4.46. The van der Waals surface area contributed by atoms with Gasteiger partial charge in [0.15, 0.2) is 0 Å². The molecule has 0 aromatic rings. The van der Waals surface area contributed by atoms with Crippen LogP contribution in [0.3, 0.4) is 0 Å². The van der Waals surface area contributed by atoms with Crippen LogP contribution in [0.5, 0.6) is 0 Å². The average molecular weight is 213 g/mol. The van der Waals surface area contributed by atoms with Gasteiger partial charge in [0.1, 0.15) is 0 Å². The molecule has 0 heterocycles. The predicted molar refractivity (Wildman–Crippen MR) is 64.9 cm³/mol. The molecule has 0 saturated heterocycles. The maximum atomic E-state index is 10.0. The van der Waals surface area contributed by atoms with Gasteiger partial charge >= 0.3 is 0 Å². The third kappa shape index (κ3) is 3.76. The van der Waals surface area contributed by atoms with E-state index in [0.717, 1.165) is 31.2 Å². The minimum atomic E-state index is -0.102. The van der Waals surface area contributed by atoms with Gasteiger partial charge in [0.25, 0.3) is 0 Å². The van der Waals surface area contributed by atoms with E-state index in [4.69, 9.17) is 0 Å². The maximum Gasteiger partial charge on any atom is 0.0695 e. The number of rotatable bonds is 4. The van der Waals surface area contributed by atoms with E-state index in [-0.39, 0.29) is 6.10 Å². The van der Waals surface area contributed by atoms with Crippen LogP contribution < -0.4 is 0 Å². The van der Waals surface area contributed by atoms with Crippen molar-refractivity contribution in [1.82, 2.24) is 4.90 Å². The van der Waals surface area contributed by atoms with Crippen molar-refractivity contribution in [3.05, 3.63) is 0 Å². The van der Waals surface area contributed by atoms with E-state index in [0.29, 0.717) is 6.04 Å². The summed E-state index contributed by atoms with van der Waals surface area (Å²) in [6.45, 7) is 7.94. The lowest BCUT2D eigenvalue weighted by Gasteiger charge is -2.38. The lowest BCUT2D eigenvalue weighted by atomic mass is 9.84. The summed E-state index contributed by atoms with van der Waals surface area (Å²) in [5, 5.41) is 10.0. The van der Waals surface area contributed by atoms with E-state index in [1.54, 1.807) is 0 Å². The normalized spacial score (nSPS) is 34.4. The van der Waals surface area contributed by atoms with Gasteiger partial charge in [-0.25, -0.2) is 0 Å². The first kappa shape index (κ1) is 13.0. The first-order chi connectivity index (χ1) is 7.04. The Balaban J connectivity index is 2.45. The van der Waals surface area contributed by atoms with Gasteiger partial charge in [-0.15, -0.1) is 0 Å². The molecule has 0 aromatic heterocycles. The Morgan fingerprint density at radius 1 is 1.40 bits per heavy atom. The van der Waals surface area contributed by atoms with E-state index in [1.807, 2.05) is 0 Å². The second-order valence-electron chi connectivity index (χ2n) is 5.51. The Kier molecular flexibility index (Phi) is 5.07. The van der Waals surface area contributed by atoms with Gasteiger partial charge in [0.2, 0.25) is 0 Å². The molecule has 0 aliphatic heterocycles. The molecule has 0 aromatic carbocycles. The minimum Gasteiger partial charge on any atom is -0.391 e. The number of likely N-dealkylation sites (N-methyl/N-ethyl adjacent to an activating group) is 1. The number of aliphatic hydroxyl groups excluding tert-OH is 1. The van der Waals surface area contributed by atoms with Crippen molar-refractivity contribution >= 4 is 0 Å². The van der Waals surface area contributed by atoms with Gasteiger partial charge in [-0.2, -0.15) is 0 Å². The molecule has 1 fully saturated rings. The molecule has 1 saturated carbocycles. The molecule has 0 spiro atoms. The molecule has 1 aliphatic carbocycles. The van der Waals surface area contributed by atoms with Gasteiger partial charge in [0, 0.05) is 12.6 Å². The molecule has 0 radical (unpaired) electrons. The van der Waals surface area contributed by atoms with Gasteiger partial charge in [-0.05, 0) is 38.1 Å². The quantitative estimate of drug-likeness (QED) is 0.775. The summed E-state index contributed by atoms with van der Waals surface area (Å²) in [4.78, 5) is 2.37. The molecule has 15 heavy (non-hydrogen) atoms. The van der Waals surface area contributed by atoms with Crippen molar-refractivity contribution in [3.63, 3.8) is 0 Å². The molecule has 4 unspecified atom stereocenters. The molecule has 1 rings (SSSR count). The van der Waals surface area contributed by atoms with Gasteiger partial charge < -0.3 is 10.0 Å². The van der Waals surface area contributed by atoms with Crippen LogP contribution in [0.2, 0.25) is 0 Å². The highest BCUT2D eigenvalue weighted by molar-refractivity contribution is 4.84. The van der Waals surface area contributed by atoms with Crippen molar-refractivity contribution in [1.29, 1.82) is 0 Å². The van der Waals surface area contributed by atoms with Crippen molar-refractivity contribution in [3.8, 4) is 0 Å². The summed E-state index contributed by atoms with van der Waals surface area (Å²) in [5.74, 6) is 1.51. The molecular weight excluding hydrogens is 186 g/mol. The number of hydrogen-bond acceptors (Lipinski definition) is 2. The van der Waals surface area contributed by atoms with Crippen LogP contribution in [0.15, 0.2) is 0 Å². The van der Waals surface area contributed by atoms with E-state index in [1.165, 1.54) is 12.8 Å². The molecular formula is C13H27NO. The van der Waals surface area contributed by atoms with Crippen LogP contribution in [0.4, 0.5) is 0 Å². The van der Waals surface area contributed by atoms with Gasteiger partial charge in [-0.1, -0.05) is 27.2 Å². The monoisotopic (exact) mass is 213 g/mol. The third-order valence-corrected chi connectivity index (χ3v) is 3.91. The highest BCUT2D eigenvalue weighted by Crippen LogP contribution is 2.27. The fourth-order valence-electron chi connectivity index (χ4n) is 2.56. The van der Waals surface area contributed by atoms with Gasteiger partial charge in [0.05, 0.1) is 6.10 Å². The molecule has 90 valence electrons. The standard InChI is InChI=1S/C13H27NO/c1-5-10(2)9-14(4)12-8-11(3)6-7-13(12)15/h10-13,15H,5-9H2,1-4H3. The maximum absolute atomic E-state index is 10.0. The van der Waals surface area contributed by atoms with Gasteiger partial charge in [-0.3, -0.25) is 0 Å². The van der Waals surface area contributed by atoms with Crippen molar-refractivity contribution in [2.45, 2.75) is 58.6 Å². The second kappa shape index (κ2) is 5.86. The highest BCUT2D eigenvalue weighted by atomic mass is 16.3. The molecule has 1 N–H and O–H groups in total. The molecule has 1 aliphatic rings. The number of hydrogen-bond donors (Lipinski definition) is 1. The Bertz CT molecular complexity index is 183. The smallest absolute Gasteiger partial charge is 0.0695 e. The number of aliphatic hydroxyl groups is 1. The third-order valence-electron chi connectivity index (χ3n) is 3.91. The van der Waals surface area contributed by atoms with E-state index < -0.39 is 0 Å². The molecule has 2 nitrogen and oxygen atoms in total. The Morgan fingerprint density at radius 2 is 2.07 bits per heavy atom. The summed E-state index contributed by atoms with van der Waals surface area (Å²) >= 11 is 0. The Hall–Kier alpha value is -0.0800. The SMILES string of the molecule is CCC(C)CN(C)C1CC(C)CCC1O. The molecule has 2 heteroatoms. The molecule has 4 atom stereocenters. The van der Waals surface area contributed by atoms with Crippen molar-refractivity contribution < 1.29 is 5.11 Å². The van der Waals surface area contributed by atoms with Crippen molar-refractivity contribution in [2.75, 3.05) is 13.6 Å². The zero-order valence-electron chi connectivity index (χ0n) is 10.7. The minimum absolute atomic E-state index is 0.102. The highest BCUT2D eigenvalue weighted by Gasteiger charge is 2.30. The summed E-state index contributed by atoms with van der Waals surface area (Å²) in [5.41, 5.74) is 0. The fourth-order valence-corrected chi connectivity index (χ4v) is 2.56. The predicted octanol–water partition coefficient (Wildman–Crippen LogP) is 2.51. The first-order valence-corrected chi connectivity index (χ1v) is 6.42. The zero-order chi connectivity index (χ0) is 11.4. The van der Waals surface area contributed by atoms with Crippen LogP contribution in [-0.4, -0.2) is 35.7 Å². The Morgan fingerprint density at radius 3 is 2.67 bits per heavy atom. The second-order valence-corrected chi connectivity index (χ2v) is 5.51. The fraction of sp³-hybridized carbons (Fsp3) is 1.00. The largest absolute Gasteiger partial charge is 0.391 e. The zero-order valence-corrected chi connectivity index (χ0v) is 10.7. The summed E-state index contributed by atoms with van der Waals surface area (Å²) < 4.78 is 0. The first-order valence-electron chi connectivity index (χ1n) is 6.42. The van der Waals surface area contributed by atoms with E-state index in [2.05, 4.69) is 32.7 Å². The topological polar surface area (TPSA) is 23.5 Å². The Labute approximate surface area is 94.7 Å². The lowest BCUT2D eigenvalue weighted by Crippen LogP contribution is -2.46. The van der Waals surface area contributed by atoms with Crippen LogP contribution in [-0.2, 0) is 0 Å². The summed E-state index contributed by atoms with van der Waals surface area (Å²) in [6, 6.07) is 0.391. The van der Waals surface area contributed by atoms with Crippen LogP contribution in [0.1, 0.15) is 46.5 Å². The summed E-state index contributed by atoms with van der Waals surface area (Å²) in [7, 11) is 2.16. The van der Waals surface area contributed by atoms with Crippen LogP contribution in [0.25, 0.3) is 0 Å². The molecule has 0 bridgehead atoms.